The average Bonchev–Trinajstić information content (AvgIpc) is 2.76. The van der Waals surface area contributed by atoms with Crippen LogP contribution in [0.25, 0.3) is 0 Å². The summed E-state index contributed by atoms with van der Waals surface area (Å²) in [5.74, 6) is 0.730. The Hall–Kier alpha value is -1.33. The fraction of sp³-hybridized carbons (Fsp3) is 0.545. The van der Waals surface area contributed by atoms with E-state index in [0.29, 0.717) is 24.6 Å². The average molecular weight is 224 g/mol. The molecule has 0 spiro atoms. The number of piperidine rings is 1. The molecule has 0 radical (unpaired) electrons. The number of β-amino-alcohol motifs (C(OH)–C–C–N with tert-alkyl or cyclic N) is 1. The SMILES string of the molecule is NCc1ccc(C(=O)N2CCC[C@H](O)C2)o1. The Bertz CT molecular complexity index is 375. The molecule has 2 rings (SSSR count). The van der Waals surface area contributed by atoms with E-state index in [4.69, 9.17) is 10.2 Å². The lowest BCUT2D eigenvalue weighted by atomic mass is 10.1. The highest BCUT2D eigenvalue weighted by Gasteiger charge is 2.24. The number of aliphatic hydroxyl groups excluding tert-OH is 1. The van der Waals surface area contributed by atoms with Crippen LogP contribution in [-0.2, 0) is 6.54 Å². The molecule has 1 fully saturated rings. The molecule has 0 saturated carbocycles. The molecule has 1 aliphatic rings. The van der Waals surface area contributed by atoms with Crippen molar-refractivity contribution >= 4 is 5.91 Å². The van der Waals surface area contributed by atoms with Gasteiger partial charge in [-0.15, -0.1) is 0 Å². The number of furan rings is 1. The number of nitrogens with zero attached hydrogens (tertiary/aromatic N) is 1. The number of likely N-dealkylation sites (tertiary alicyclic amines) is 1. The maximum Gasteiger partial charge on any atom is 0.289 e. The molecule has 1 aromatic heterocycles. The van der Waals surface area contributed by atoms with Crippen molar-refractivity contribution in [1.29, 1.82) is 0 Å². The number of carbonyl (C=O) groups excluding carboxylic acids is 1. The van der Waals surface area contributed by atoms with Crippen LogP contribution in [0.2, 0.25) is 0 Å². The van der Waals surface area contributed by atoms with Gasteiger partial charge in [0.1, 0.15) is 5.76 Å². The molecule has 0 aromatic carbocycles. The highest BCUT2D eigenvalue weighted by Crippen LogP contribution is 2.15. The maximum atomic E-state index is 12.0. The predicted molar refractivity (Wildman–Crippen MR) is 57.7 cm³/mol. The summed E-state index contributed by atoms with van der Waals surface area (Å²) in [6.07, 6.45) is 1.18. The third-order valence-electron chi connectivity index (χ3n) is 2.76. The number of amides is 1. The number of hydrogen-bond donors (Lipinski definition) is 2. The Morgan fingerprint density at radius 2 is 2.44 bits per heavy atom. The summed E-state index contributed by atoms with van der Waals surface area (Å²) in [7, 11) is 0. The number of hydrogen-bond acceptors (Lipinski definition) is 4. The van der Waals surface area contributed by atoms with E-state index in [1.807, 2.05) is 0 Å². The van der Waals surface area contributed by atoms with E-state index in [0.717, 1.165) is 12.8 Å². The standard InChI is InChI=1S/C11H16N2O3/c12-6-9-3-4-10(16-9)11(15)13-5-1-2-8(14)7-13/h3-4,8,14H,1-2,5-7,12H2/t8-/m0/s1. The molecule has 3 N–H and O–H groups in total. The van der Waals surface area contributed by atoms with E-state index in [1.54, 1.807) is 17.0 Å². The first-order valence-corrected chi connectivity index (χ1v) is 5.47. The highest BCUT2D eigenvalue weighted by molar-refractivity contribution is 5.91. The van der Waals surface area contributed by atoms with Crippen molar-refractivity contribution in [1.82, 2.24) is 4.90 Å². The van der Waals surface area contributed by atoms with Gasteiger partial charge in [0.25, 0.3) is 5.91 Å². The Morgan fingerprint density at radius 3 is 3.06 bits per heavy atom. The Kier molecular flexibility index (Phi) is 3.26. The second kappa shape index (κ2) is 4.67. The van der Waals surface area contributed by atoms with Gasteiger partial charge in [-0.05, 0) is 25.0 Å². The van der Waals surface area contributed by atoms with E-state index in [9.17, 15) is 9.90 Å². The van der Waals surface area contributed by atoms with Crippen LogP contribution in [0, 0.1) is 0 Å². The zero-order chi connectivity index (χ0) is 11.5. The summed E-state index contributed by atoms with van der Waals surface area (Å²) in [5, 5.41) is 9.48. The summed E-state index contributed by atoms with van der Waals surface area (Å²) in [4.78, 5) is 13.6. The van der Waals surface area contributed by atoms with Crippen LogP contribution >= 0.6 is 0 Å². The van der Waals surface area contributed by atoms with Gasteiger partial charge in [0, 0.05) is 13.1 Å². The lowest BCUT2D eigenvalue weighted by Gasteiger charge is -2.29. The molecule has 2 heterocycles. The lowest BCUT2D eigenvalue weighted by molar-refractivity contribution is 0.0447. The zero-order valence-electron chi connectivity index (χ0n) is 9.06. The van der Waals surface area contributed by atoms with E-state index >= 15 is 0 Å². The molecular weight excluding hydrogens is 208 g/mol. The minimum Gasteiger partial charge on any atom is -0.455 e. The molecule has 5 heteroatoms. The molecule has 88 valence electrons. The Morgan fingerprint density at radius 1 is 1.62 bits per heavy atom. The van der Waals surface area contributed by atoms with Gasteiger partial charge in [-0.3, -0.25) is 4.79 Å². The fourth-order valence-electron chi connectivity index (χ4n) is 1.90. The molecule has 5 nitrogen and oxygen atoms in total. The molecule has 1 amide bonds. The van der Waals surface area contributed by atoms with Gasteiger partial charge in [-0.25, -0.2) is 0 Å². The second-order valence-electron chi connectivity index (χ2n) is 4.02. The van der Waals surface area contributed by atoms with Crippen molar-refractivity contribution in [2.75, 3.05) is 13.1 Å². The van der Waals surface area contributed by atoms with Crippen molar-refractivity contribution in [2.45, 2.75) is 25.5 Å². The number of rotatable bonds is 2. The van der Waals surface area contributed by atoms with Gasteiger partial charge >= 0.3 is 0 Å². The van der Waals surface area contributed by atoms with Crippen LogP contribution in [0.3, 0.4) is 0 Å². The van der Waals surface area contributed by atoms with Crippen LogP contribution in [0.4, 0.5) is 0 Å². The van der Waals surface area contributed by atoms with Crippen LogP contribution < -0.4 is 5.73 Å². The minimum atomic E-state index is -0.415. The van der Waals surface area contributed by atoms with Crippen LogP contribution in [0.1, 0.15) is 29.2 Å². The highest BCUT2D eigenvalue weighted by atomic mass is 16.4. The number of nitrogens with two attached hydrogens (primary N) is 1. The largest absolute Gasteiger partial charge is 0.455 e. The second-order valence-corrected chi connectivity index (χ2v) is 4.02. The molecular formula is C11H16N2O3. The van der Waals surface area contributed by atoms with Gasteiger partial charge < -0.3 is 20.2 Å². The molecule has 1 aromatic rings. The predicted octanol–water partition coefficient (Wildman–Crippen LogP) is 0.335. The van der Waals surface area contributed by atoms with Gasteiger partial charge in [-0.2, -0.15) is 0 Å². The first-order chi connectivity index (χ1) is 7.70. The molecule has 0 bridgehead atoms. The number of carbonyl (C=O) groups is 1. The first kappa shape index (κ1) is 11.2. The van der Waals surface area contributed by atoms with E-state index in [2.05, 4.69) is 0 Å². The van der Waals surface area contributed by atoms with Gasteiger partial charge in [-0.1, -0.05) is 0 Å². The third-order valence-corrected chi connectivity index (χ3v) is 2.76. The Labute approximate surface area is 93.8 Å². The van der Waals surface area contributed by atoms with E-state index in [-0.39, 0.29) is 12.5 Å². The summed E-state index contributed by atoms with van der Waals surface area (Å²) < 4.78 is 5.29. The monoisotopic (exact) mass is 224 g/mol. The smallest absolute Gasteiger partial charge is 0.289 e. The zero-order valence-corrected chi connectivity index (χ0v) is 9.06. The van der Waals surface area contributed by atoms with Gasteiger partial charge in [0.05, 0.1) is 12.6 Å². The number of aliphatic hydroxyl groups is 1. The fourth-order valence-corrected chi connectivity index (χ4v) is 1.90. The maximum absolute atomic E-state index is 12.0. The quantitative estimate of drug-likeness (QED) is 0.759. The summed E-state index contributed by atoms with van der Waals surface area (Å²) in [5.41, 5.74) is 5.41. The van der Waals surface area contributed by atoms with Crippen molar-refractivity contribution in [2.24, 2.45) is 5.73 Å². The molecule has 16 heavy (non-hydrogen) atoms. The summed E-state index contributed by atoms with van der Waals surface area (Å²) in [6, 6.07) is 3.33. The lowest BCUT2D eigenvalue weighted by Crippen LogP contribution is -2.42. The van der Waals surface area contributed by atoms with E-state index in [1.165, 1.54) is 0 Å². The van der Waals surface area contributed by atoms with Crippen LogP contribution in [0.5, 0.6) is 0 Å². The topological polar surface area (TPSA) is 79.7 Å². The van der Waals surface area contributed by atoms with Crippen LogP contribution in [-0.4, -0.2) is 35.1 Å². The normalized spacial score (nSPS) is 21.1. The van der Waals surface area contributed by atoms with E-state index < -0.39 is 6.10 Å². The van der Waals surface area contributed by atoms with Gasteiger partial charge in [0.15, 0.2) is 5.76 Å². The molecule has 1 saturated heterocycles. The molecule has 0 unspecified atom stereocenters. The van der Waals surface area contributed by atoms with Crippen molar-refractivity contribution in [3.8, 4) is 0 Å². The first-order valence-electron chi connectivity index (χ1n) is 5.47. The summed E-state index contributed by atoms with van der Waals surface area (Å²) >= 11 is 0. The van der Waals surface area contributed by atoms with Gasteiger partial charge in [0.2, 0.25) is 0 Å². The van der Waals surface area contributed by atoms with Crippen molar-refractivity contribution < 1.29 is 14.3 Å². The van der Waals surface area contributed by atoms with Crippen LogP contribution in [0.15, 0.2) is 16.5 Å². The minimum absolute atomic E-state index is 0.168. The Balaban J connectivity index is 2.06. The molecule has 1 atom stereocenters. The van der Waals surface area contributed by atoms with Crippen molar-refractivity contribution in [3.63, 3.8) is 0 Å². The molecule has 1 aliphatic heterocycles. The van der Waals surface area contributed by atoms with Crippen molar-refractivity contribution in [3.05, 3.63) is 23.7 Å². The third kappa shape index (κ3) is 2.25. The summed E-state index contributed by atoms with van der Waals surface area (Å²) in [6.45, 7) is 1.35. The molecule has 0 aliphatic carbocycles.